The zero-order chi connectivity index (χ0) is 8.23. The van der Waals surface area contributed by atoms with Gasteiger partial charge in [-0.3, -0.25) is 4.98 Å². The van der Waals surface area contributed by atoms with Crippen LogP contribution in [0.5, 0.6) is 0 Å². The van der Waals surface area contributed by atoms with Gasteiger partial charge in [-0.1, -0.05) is 12.5 Å². The van der Waals surface area contributed by atoms with Gasteiger partial charge in [0.15, 0.2) is 0 Å². The summed E-state index contributed by atoms with van der Waals surface area (Å²) in [5.74, 6) is 0. The lowest BCUT2D eigenvalue weighted by Crippen LogP contribution is -2.34. The summed E-state index contributed by atoms with van der Waals surface area (Å²) in [7, 11) is 0. The Morgan fingerprint density at radius 1 is 1.50 bits per heavy atom. The molecule has 1 saturated carbocycles. The van der Waals surface area contributed by atoms with Crippen molar-refractivity contribution < 1.29 is 0 Å². The van der Waals surface area contributed by atoms with E-state index in [1.807, 2.05) is 18.5 Å². The first-order valence-electron chi connectivity index (χ1n) is 4.57. The molecule has 2 nitrogen and oxygen atoms in total. The fourth-order valence-electron chi connectivity index (χ4n) is 1.38. The quantitative estimate of drug-likeness (QED) is 0.732. The SMILES string of the molecule is c1cncc(CNC2CCC2)c1. The zero-order valence-corrected chi connectivity index (χ0v) is 7.16. The van der Waals surface area contributed by atoms with E-state index in [9.17, 15) is 0 Å². The van der Waals surface area contributed by atoms with Crippen molar-refractivity contribution in [2.45, 2.75) is 31.8 Å². The molecule has 0 spiro atoms. The molecule has 0 saturated heterocycles. The van der Waals surface area contributed by atoms with Crippen molar-refractivity contribution in [2.75, 3.05) is 0 Å². The molecule has 1 heterocycles. The highest BCUT2D eigenvalue weighted by Crippen LogP contribution is 2.18. The molecule has 0 amide bonds. The molecule has 1 fully saturated rings. The molecule has 1 aromatic heterocycles. The minimum atomic E-state index is 0.769. The fraction of sp³-hybridized carbons (Fsp3) is 0.500. The Labute approximate surface area is 73.0 Å². The first-order valence-corrected chi connectivity index (χ1v) is 4.57. The van der Waals surface area contributed by atoms with E-state index in [0.717, 1.165) is 12.6 Å². The van der Waals surface area contributed by atoms with Crippen molar-refractivity contribution in [1.82, 2.24) is 10.3 Å². The summed E-state index contributed by atoms with van der Waals surface area (Å²) >= 11 is 0. The first-order chi connectivity index (χ1) is 5.95. The minimum absolute atomic E-state index is 0.769. The van der Waals surface area contributed by atoms with Crippen LogP contribution in [0, 0.1) is 0 Å². The number of hydrogen-bond acceptors (Lipinski definition) is 2. The number of nitrogens with zero attached hydrogens (tertiary/aromatic N) is 1. The topological polar surface area (TPSA) is 24.9 Å². The molecular weight excluding hydrogens is 148 g/mol. The van der Waals surface area contributed by atoms with Crippen LogP contribution in [-0.4, -0.2) is 11.0 Å². The molecule has 0 unspecified atom stereocenters. The van der Waals surface area contributed by atoms with E-state index < -0.39 is 0 Å². The maximum absolute atomic E-state index is 4.07. The van der Waals surface area contributed by atoms with E-state index in [1.54, 1.807) is 0 Å². The number of nitrogens with one attached hydrogen (secondary N) is 1. The average Bonchev–Trinajstić information content (AvgIpc) is 2.04. The first kappa shape index (κ1) is 7.74. The summed E-state index contributed by atoms with van der Waals surface area (Å²) in [5.41, 5.74) is 1.28. The van der Waals surface area contributed by atoms with E-state index in [1.165, 1.54) is 24.8 Å². The molecule has 1 aliphatic rings. The van der Waals surface area contributed by atoms with Gasteiger partial charge in [0.05, 0.1) is 0 Å². The van der Waals surface area contributed by atoms with Crippen LogP contribution in [-0.2, 0) is 6.54 Å². The molecule has 0 atom stereocenters. The number of pyridine rings is 1. The number of rotatable bonds is 3. The highest BCUT2D eigenvalue weighted by molar-refractivity contribution is 5.08. The number of hydrogen-bond donors (Lipinski definition) is 1. The predicted molar refractivity (Wildman–Crippen MR) is 48.7 cm³/mol. The van der Waals surface area contributed by atoms with Gasteiger partial charge in [0.1, 0.15) is 0 Å². The molecule has 0 aliphatic heterocycles. The Kier molecular flexibility index (Phi) is 2.37. The maximum Gasteiger partial charge on any atom is 0.0312 e. The normalized spacial score (nSPS) is 17.3. The summed E-state index contributed by atoms with van der Waals surface area (Å²) in [6.07, 6.45) is 7.82. The molecular formula is C10H14N2. The van der Waals surface area contributed by atoms with Gasteiger partial charge in [-0.2, -0.15) is 0 Å². The fourth-order valence-corrected chi connectivity index (χ4v) is 1.38. The van der Waals surface area contributed by atoms with E-state index in [2.05, 4.69) is 16.4 Å². The van der Waals surface area contributed by atoms with Crippen molar-refractivity contribution in [3.63, 3.8) is 0 Å². The highest BCUT2D eigenvalue weighted by Gasteiger charge is 2.15. The van der Waals surface area contributed by atoms with E-state index in [4.69, 9.17) is 0 Å². The van der Waals surface area contributed by atoms with Gasteiger partial charge in [-0.15, -0.1) is 0 Å². The summed E-state index contributed by atoms with van der Waals surface area (Å²) in [6.45, 7) is 0.971. The molecule has 0 aromatic carbocycles. The van der Waals surface area contributed by atoms with Crippen molar-refractivity contribution in [2.24, 2.45) is 0 Å². The van der Waals surface area contributed by atoms with E-state index in [-0.39, 0.29) is 0 Å². The third kappa shape index (κ3) is 1.83. The molecule has 0 bridgehead atoms. The largest absolute Gasteiger partial charge is 0.310 e. The van der Waals surface area contributed by atoms with Crippen molar-refractivity contribution in [1.29, 1.82) is 0 Å². The molecule has 1 N–H and O–H groups in total. The van der Waals surface area contributed by atoms with Crippen LogP contribution in [0.4, 0.5) is 0 Å². The summed E-state index contributed by atoms with van der Waals surface area (Å²) in [5, 5.41) is 3.50. The maximum atomic E-state index is 4.07. The standard InChI is InChI=1S/C10H14N2/c1-4-10(5-1)12-8-9-3-2-6-11-7-9/h2-3,6-7,10,12H,1,4-5,8H2. The Hall–Kier alpha value is -0.890. The van der Waals surface area contributed by atoms with Gasteiger partial charge in [-0.05, 0) is 24.5 Å². The van der Waals surface area contributed by atoms with Crippen LogP contribution >= 0.6 is 0 Å². The molecule has 1 aliphatic carbocycles. The van der Waals surface area contributed by atoms with Gasteiger partial charge < -0.3 is 5.32 Å². The van der Waals surface area contributed by atoms with Gasteiger partial charge in [-0.25, -0.2) is 0 Å². The Balaban J connectivity index is 1.79. The predicted octanol–water partition coefficient (Wildman–Crippen LogP) is 1.72. The number of aromatic nitrogens is 1. The van der Waals surface area contributed by atoms with Crippen molar-refractivity contribution in [3.05, 3.63) is 30.1 Å². The lowest BCUT2D eigenvalue weighted by atomic mass is 9.93. The Morgan fingerprint density at radius 3 is 3.00 bits per heavy atom. The summed E-state index contributed by atoms with van der Waals surface area (Å²) in [4.78, 5) is 4.07. The Bertz CT molecular complexity index is 229. The lowest BCUT2D eigenvalue weighted by Gasteiger charge is -2.26. The monoisotopic (exact) mass is 162 g/mol. The Morgan fingerprint density at radius 2 is 2.42 bits per heavy atom. The van der Waals surface area contributed by atoms with E-state index >= 15 is 0 Å². The molecule has 64 valence electrons. The smallest absolute Gasteiger partial charge is 0.0312 e. The average molecular weight is 162 g/mol. The van der Waals surface area contributed by atoms with E-state index in [0.29, 0.717) is 0 Å². The van der Waals surface area contributed by atoms with Gasteiger partial charge in [0.25, 0.3) is 0 Å². The highest BCUT2D eigenvalue weighted by atomic mass is 14.9. The van der Waals surface area contributed by atoms with Crippen LogP contribution in [0.2, 0.25) is 0 Å². The van der Waals surface area contributed by atoms with Crippen LogP contribution < -0.4 is 5.32 Å². The second kappa shape index (κ2) is 3.68. The van der Waals surface area contributed by atoms with Crippen LogP contribution in [0.1, 0.15) is 24.8 Å². The molecule has 0 radical (unpaired) electrons. The van der Waals surface area contributed by atoms with Crippen LogP contribution in [0.25, 0.3) is 0 Å². The van der Waals surface area contributed by atoms with Gasteiger partial charge in [0, 0.05) is 25.0 Å². The molecule has 12 heavy (non-hydrogen) atoms. The lowest BCUT2D eigenvalue weighted by molar-refractivity contribution is 0.338. The third-order valence-electron chi connectivity index (χ3n) is 2.42. The van der Waals surface area contributed by atoms with Crippen molar-refractivity contribution >= 4 is 0 Å². The minimum Gasteiger partial charge on any atom is -0.310 e. The van der Waals surface area contributed by atoms with Crippen molar-refractivity contribution in [3.8, 4) is 0 Å². The molecule has 2 heteroatoms. The van der Waals surface area contributed by atoms with Gasteiger partial charge in [0.2, 0.25) is 0 Å². The van der Waals surface area contributed by atoms with Gasteiger partial charge >= 0.3 is 0 Å². The summed E-state index contributed by atoms with van der Waals surface area (Å²) in [6, 6.07) is 4.86. The second-order valence-electron chi connectivity index (χ2n) is 3.37. The van der Waals surface area contributed by atoms with Crippen LogP contribution in [0.15, 0.2) is 24.5 Å². The second-order valence-corrected chi connectivity index (χ2v) is 3.37. The molecule has 2 rings (SSSR count). The molecule has 1 aromatic rings. The van der Waals surface area contributed by atoms with Crippen LogP contribution in [0.3, 0.4) is 0 Å². The third-order valence-corrected chi connectivity index (χ3v) is 2.42. The zero-order valence-electron chi connectivity index (χ0n) is 7.16. The summed E-state index contributed by atoms with van der Waals surface area (Å²) < 4.78 is 0.